The van der Waals surface area contributed by atoms with Crippen LogP contribution in [0.15, 0.2) is 42.5 Å². The van der Waals surface area contributed by atoms with E-state index in [1.165, 1.54) is 31.2 Å². The van der Waals surface area contributed by atoms with Gasteiger partial charge in [-0.05, 0) is 17.7 Å². The first-order valence-electron chi connectivity index (χ1n) is 9.80. The molecule has 0 saturated carbocycles. The summed E-state index contributed by atoms with van der Waals surface area (Å²) >= 11 is 0. The van der Waals surface area contributed by atoms with Crippen molar-refractivity contribution in [2.24, 2.45) is 0 Å². The van der Waals surface area contributed by atoms with Crippen LogP contribution in [0, 0.1) is 10.1 Å². The number of rotatable bonds is 7. The highest BCUT2D eigenvalue weighted by atomic mass is 16.7. The molecule has 12 heteroatoms. The number of ether oxygens (including phenoxy) is 2. The summed E-state index contributed by atoms with van der Waals surface area (Å²) < 4.78 is 11.4. The van der Waals surface area contributed by atoms with Gasteiger partial charge in [0.2, 0.25) is 12.2 Å². The Morgan fingerprint density at radius 1 is 1.18 bits per heavy atom. The van der Waals surface area contributed by atoms with E-state index in [0.29, 0.717) is 0 Å². The molecule has 0 bridgehead atoms. The van der Waals surface area contributed by atoms with Crippen LogP contribution in [0.25, 0.3) is 11.1 Å². The maximum Gasteiger partial charge on any atom is 0.335 e. The Kier molecular flexibility index (Phi) is 7.23. The molecule has 1 heterocycles. The van der Waals surface area contributed by atoms with Gasteiger partial charge in [-0.2, -0.15) is 0 Å². The molecule has 33 heavy (non-hydrogen) atoms. The molecule has 1 saturated heterocycles. The van der Waals surface area contributed by atoms with Crippen molar-refractivity contribution in [1.29, 1.82) is 0 Å². The zero-order valence-corrected chi connectivity index (χ0v) is 17.3. The Labute approximate surface area is 187 Å². The van der Waals surface area contributed by atoms with E-state index in [4.69, 9.17) is 9.47 Å². The van der Waals surface area contributed by atoms with Gasteiger partial charge in [0.25, 0.3) is 5.69 Å². The third-order valence-electron chi connectivity index (χ3n) is 5.07. The third-order valence-corrected chi connectivity index (χ3v) is 5.07. The lowest BCUT2D eigenvalue weighted by molar-refractivity contribution is -0.384. The van der Waals surface area contributed by atoms with E-state index in [0.717, 1.165) is 6.07 Å². The number of nitro groups is 1. The van der Waals surface area contributed by atoms with E-state index in [-0.39, 0.29) is 22.4 Å². The van der Waals surface area contributed by atoms with Crippen LogP contribution < -0.4 is 10.1 Å². The Hall–Kier alpha value is -3.58. The average molecular weight is 462 g/mol. The van der Waals surface area contributed by atoms with E-state index >= 15 is 0 Å². The molecule has 0 spiro atoms. The number of hydrogen-bond donors (Lipinski definition) is 5. The molecule has 0 aromatic heterocycles. The summed E-state index contributed by atoms with van der Waals surface area (Å²) in [5, 5.41) is 53.1. The highest BCUT2D eigenvalue weighted by Gasteiger charge is 2.46. The van der Waals surface area contributed by atoms with Crippen LogP contribution in [0.5, 0.6) is 5.75 Å². The summed E-state index contributed by atoms with van der Waals surface area (Å²) in [6.45, 7) is 0.554. The van der Waals surface area contributed by atoms with Gasteiger partial charge in [-0.25, -0.2) is 4.79 Å². The summed E-state index contributed by atoms with van der Waals surface area (Å²) in [7, 11) is 0. The molecule has 2 unspecified atom stereocenters. The van der Waals surface area contributed by atoms with E-state index in [9.17, 15) is 40.1 Å². The molecular weight excluding hydrogens is 440 g/mol. The van der Waals surface area contributed by atoms with E-state index < -0.39 is 59.7 Å². The standard InChI is InChI=1S/C21H22N2O10/c1-10(25)22-17-19(27)18(26)16(9-24)33-21(17)32-15-5-3-2-4-14(15)11-6-12(20(28)29)8-13(7-11)23(30)31/h2-8,16-19,21,24,26-27H,9H2,1H3,(H,22,25)(H,28,29)/t16?,17?,18-,19+,21+/m0/s1. The fourth-order valence-corrected chi connectivity index (χ4v) is 3.50. The Morgan fingerprint density at radius 3 is 2.48 bits per heavy atom. The van der Waals surface area contributed by atoms with Crippen LogP contribution in [0.4, 0.5) is 5.69 Å². The van der Waals surface area contributed by atoms with Crippen molar-refractivity contribution in [3.8, 4) is 16.9 Å². The van der Waals surface area contributed by atoms with Gasteiger partial charge in [0.1, 0.15) is 30.1 Å². The number of carboxylic acids is 1. The van der Waals surface area contributed by atoms with Gasteiger partial charge < -0.3 is 35.2 Å². The van der Waals surface area contributed by atoms with Gasteiger partial charge >= 0.3 is 5.97 Å². The maximum absolute atomic E-state index is 11.6. The van der Waals surface area contributed by atoms with Crippen LogP contribution >= 0.6 is 0 Å². The molecule has 1 fully saturated rings. The minimum absolute atomic E-state index is 0.0926. The lowest BCUT2D eigenvalue weighted by atomic mass is 9.96. The lowest BCUT2D eigenvalue weighted by Gasteiger charge is -2.42. The minimum atomic E-state index is -1.53. The Balaban J connectivity index is 2.03. The number of aliphatic hydroxyl groups excluding tert-OH is 3. The Bertz CT molecular complexity index is 1030. The first-order valence-corrected chi connectivity index (χ1v) is 9.80. The molecule has 0 radical (unpaired) electrons. The summed E-state index contributed by atoms with van der Waals surface area (Å²) in [6, 6.07) is 8.32. The lowest BCUT2D eigenvalue weighted by Crippen LogP contribution is -2.65. The maximum atomic E-state index is 11.6. The molecule has 1 aliphatic heterocycles. The normalized spacial score (nSPS) is 24.7. The van der Waals surface area contributed by atoms with Gasteiger partial charge in [0.05, 0.1) is 17.1 Å². The fourth-order valence-electron chi connectivity index (χ4n) is 3.50. The highest BCUT2D eigenvalue weighted by Crippen LogP contribution is 2.35. The largest absolute Gasteiger partial charge is 0.478 e. The zero-order chi connectivity index (χ0) is 24.3. The fraction of sp³-hybridized carbons (Fsp3) is 0.333. The van der Waals surface area contributed by atoms with Crippen LogP contribution in [0.3, 0.4) is 0 Å². The number of nitrogens with one attached hydrogen (secondary N) is 1. The number of benzene rings is 2. The monoisotopic (exact) mass is 462 g/mol. The second-order valence-electron chi connectivity index (χ2n) is 7.38. The molecular formula is C21H22N2O10. The number of nitro benzene ring substituents is 1. The number of aliphatic hydroxyl groups is 3. The first-order chi connectivity index (χ1) is 15.6. The molecule has 176 valence electrons. The van der Waals surface area contributed by atoms with E-state index in [1.807, 2.05) is 0 Å². The number of hydrogen-bond acceptors (Lipinski definition) is 9. The van der Waals surface area contributed by atoms with Crippen molar-refractivity contribution in [1.82, 2.24) is 5.32 Å². The second-order valence-corrected chi connectivity index (χ2v) is 7.38. The smallest absolute Gasteiger partial charge is 0.335 e. The molecule has 3 rings (SSSR count). The van der Waals surface area contributed by atoms with Crippen molar-refractivity contribution >= 4 is 17.6 Å². The van der Waals surface area contributed by atoms with Crippen LogP contribution in [-0.4, -0.2) is 74.5 Å². The number of carboxylic acid groups (broad SMARTS) is 1. The molecule has 12 nitrogen and oxygen atoms in total. The summed E-state index contributed by atoms with van der Waals surface area (Å²) in [5.74, 6) is -1.80. The number of para-hydroxylation sites is 1. The van der Waals surface area contributed by atoms with E-state index in [2.05, 4.69) is 5.32 Å². The molecule has 1 amide bonds. The van der Waals surface area contributed by atoms with Crippen LogP contribution in [0.1, 0.15) is 17.3 Å². The Morgan fingerprint density at radius 2 is 1.88 bits per heavy atom. The number of nitrogens with zero attached hydrogens (tertiary/aromatic N) is 1. The number of carbonyl (C=O) groups is 2. The SMILES string of the molecule is CC(=O)NC1[C@H](Oc2ccccc2-c2cc(C(=O)O)cc([N+](=O)[O-])c2)OC(CO)[C@H](O)[C@@H]1O. The first kappa shape index (κ1) is 24.1. The zero-order valence-electron chi connectivity index (χ0n) is 17.3. The molecule has 2 aromatic rings. The number of amides is 1. The summed E-state index contributed by atoms with van der Waals surface area (Å²) in [5.41, 5.74) is -0.306. The predicted octanol–water partition coefficient (Wildman–Crippen LogP) is 0.282. The summed E-state index contributed by atoms with van der Waals surface area (Å²) in [6.07, 6.45) is -5.60. The van der Waals surface area contributed by atoms with Crippen LogP contribution in [-0.2, 0) is 9.53 Å². The molecule has 1 aliphatic rings. The molecule has 5 atom stereocenters. The van der Waals surface area contributed by atoms with Gasteiger partial charge in [-0.1, -0.05) is 18.2 Å². The van der Waals surface area contributed by atoms with Gasteiger partial charge in [-0.15, -0.1) is 0 Å². The van der Waals surface area contributed by atoms with E-state index in [1.54, 1.807) is 12.1 Å². The van der Waals surface area contributed by atoms with Gasteiger partial charge in [0.15, 0.2) is 0 Å². The average Bonchev–Trinajstić information content (AvgIpc) is 2.78. The number of aromatic carboxylic acids is 1. The van der Waals surface area contributed by atoms with Crippen molar-refractivity contribution < 1.29 is 44.4 Å². The minimum Gasteiger partial charge on any atom is -0.478 e. The van der Waals surface area contributed by atoms with Gasteiger partial charge in [0, 0.05) is 24.6 Å². The number of non-ortho nitro benzene ring substituents is 1. The van der Waals surface area contributed by atoms with Crippen molar-refractivity contribution in [2.45, 2.75) is 37.6 Å². The number of carbonyl (C=O) groups excluding carboxylic acids is 1. The third kappa shape index (κ3) is 5.26. The highest BCUT2D eigenvalue weighted by molar-refractivity contribution is 5.91. The second kappa shape index (κ2) is 9.92. The predicted molar refractivity (Wildman–Crippen MR) is 111 cm³/mol. The van der Waals surface area contributed by atoms with Crippen molar-refractivity contribution in [3.63, 3.8) is 0 Å². The van der Waals surface area contributed by atoms with Crippen molar-refractivity contribution in [2.75, 3.05) is 6.61 Å². The topological polar surface area (TPSA) is 189 Å². The molecule has 2 aromatic carbocycles. The van der Waals surface area contributed by atoms with Gasteiger partial charge in [-0.3, -0.25) is 14.9 Å². The molecule has 0 aliphatic carbocycles. The van der Waals surface area contributed by atoms with Crippen molar-refractivity contribution in [3.05, 3.63) is 58.1 Å². The molecule has 5 N–H and O–H groups in total. The quantitative estimate of drug-likeness (QED) is 0.282. The summed E-state index contributed by atoms with van der Waals surface area (Å²) in [4.78, 5) is 33.6. The van der Waals surface area contributed by atoms with Crippen LogP contribution in [0.2, 0.25) is 0 Å².